The number of aryl methyl sites for hydroxylation is 3. The van der Waals surface area contributed by atoms with E-state index >= 15 is 0 Å². The number of amides is 1. The number of nitrogens with one attached hydrogen (secondary N) is 2. The third-order valence-corrected chi connectivity index (χ3v) is 3.51. The molecular formula is C13H14N2OS. The lowest BCUT2D eigenvalue weighted by molar-refractivity contribution is -0.115. The van der Waals surface area contributed by atoms with Crippen LogP contribution < -0.4 is 5.32 Å². The molecule has 1 aromatic carbocycles. The van der Waals surface area contributed by atoms with Gasteiger partial charge in [0.1, 0.15) is 0 Å². The van der Waals surface area contributed by atoms with Gasteiger partial charge >= 0.3 is 0 Å². The van der Waals surface area contributed by atoms with Crippen molar-refractivity contribution in [3.8, 4) is 0 Å². The van der Waals surface area contributed by atoms with Gasteiger partial charge in [-0.25, -0.2) is 0 Å². The standard InChI is InChI=1S/C13H14N2OS/c1-7-4-8(2)10(9(3)5-7)6-11-12(16)15-13(14)17-11/h4-6H,1-3H3,(H2,14,15,16). The first kappa shape index (κ1) is 11.9. The van der Waals surface area contributed by atoms with E-state index in [1.54, 1.807) is 0 Å². The molecular weight excluding hydrogens is 232 g/mol. The molecule has 1 saturated heterocycles. The van der Waals surface area contributed by atoms with E-state index in [9.17, 15) is 4.79 Å². The van der Waals surface area contributed by atoms with Crippen LogP contribution in [0, 0.1) is 26.2 Å². The molecule has 1 amide bonds. The number of hydrogen-bond donors (Lipinski definition) is 2. The van der Waals surface area contributed by atoms with Crippen molar-refractivity contribution in [2.75, 3.05) is 0 Å². The Morgan fingerprint density at radius 3 is 2.29 bits per heavy atom. The predicted octanol–water partition coefficient (Wildman–Crippen LogP) is 2.75. The number of benzene rings is 1. The molecule has 0 unspecified atom stereocenters. The topological polar surface area (TPSA) is 53.0 Å². The molecule has 4 heteroatoms. The van der Waals surface area contributed by atoms with Crippen LogP contribution in [0.2, 0.25) is 0 Å². The monoisotopic (exact) mass is 246 g/mol. The normalized spacial score (nSPS) is 17.7. The highest BCUT2D eigenvalue weighted by Gasteiger charge is 2.22. The highest BCUT2D eigenvalue weighted by molar-refractivity contribution is 8.18. The second kappa shape index (κ2) is 4.37. The van der Waals surface area contributed by atoms with E-state index in [1.165, 1.54) is 17.3 Å². The summed E-state index contributed by atoms with van der Waals surface area (Å²) in [5, 5.41) is 10.1. The van der Waals surface area contributed by atoms with Crippen molar-refractivity contribution in [1.29, 1.82) is 5.41 Å². The van der Waals surface area contributed by atoms with Crippen molar-refractivity contribution in [1.82, 2.24) is 5.32 Å². The van der Waals surface area contributed by atoms with E-state index in [0.29, 0.717) is 4.91 Å². The first-order valence-electron chi connectivity index (χ1n) is 5.34. The van der Waals surface area contributed by atoms with Gasteiger partial charge in [-0.1, -0.05) is 17.7 Å². The third-order valence-electron chi connectivity index (χ3n) is 2.68. The Morgan fingerprint density at radius 2 is 1.82 bits per heavy atom. The minimum Gasteiger partial charge on any atom is -0.301 e. The fraction of sp³-hybridized carbons (Fsp3) is 0.231. The summed E-state index contributed by atoms with van der Waals surface area (Å²) >= 11 is 1.17. The molecule has 1 heterocycles. The SMILES string of the molecule is Cc1cc(C)c(C=C2SC(=N)NC2=O)c(C)c1. The van der Waals surface area contributed by atoms with Gasteiger partial charge in [-0.05, 0) is 55.3 Å². The lowest BCUT2D eigenvalue weighted by Crippen LogP contribution is -2.18. The Bertz CT molecular complexity index is 523. The largest absolute Gasteiger partial charge is 0.301 e. The first-order valence-corrected chi connectivity index (χ1v) is 6.16. The summed E-state index contributed by atoms with van der Waals surface area (Å²) < 4.78 is 0. The van der Waals surface area contributed by atoms with Crippen LogP contribution in [0.15, 0.2) is 17.0 Å². The van der Waals surface area contributed by atoms with Crippen LogP contribution in [0.3, 0.4) is 0 Å². The molecule has 1 aliphatic heterocycles. The highest BCUT2D eigenvalue weighted by atomic mass is 32.2. The van der Waals surface area contributed by atoms with Gasteiger partial charge in [0.15, 0.2) is 5.17 Å². The Kier molecular flexibility index (Phi) is 3.07. The van der Waals surface area contributed by atoms with E-state index in [2.05, 4.69) is 24.4 Å². The summed E-state index contributed by atoms with van der Waals surface area (Å²) in [6.45, 7) is 6.13. The van der Waals surface area contributed by atoms with Crippen molar-refractivity contribution >= 4 is 28.9 Å². The molecule has 2 rings (SSSR count). The van der Waals surface area contributed by atoms with Crippen LogP contribution >= 0.6 is 11.8 Å². The average molecular weight is 246 g/mol. The molecule has 0 radical (unpaired) electrons. The summed E-state index contributed by atoms with van der Waals surface area (Å²) in [6, 6.07) is 4.20. The van der Waals surface area contributed by atoms with Crippen molar-refractivity contribution in [3.63, 3.8) is 0 Å². The second-order valence-electron chi connectivity index (χ2n) is 4.21. The van der Waals surface area contributed by atoms with Crippen molar-refractivity contribution in [2.45, 2.75) is 20.8 Å². The van der Waals surface area contributed by atoms with Crippen molar-refractivity contribution in [3.05, 3.63) is 39.3 Å². The van der Waals surface area contributed by atoms with E-state index in [1.807, 2.05) is 19.9 Å². The van der Waals surface area contributed by atoms with Crippen molar-refractivity contribution in [2.24, 2.45) is 0 Å². The van der Waals surface area contributed by atoms with Crippen LogP contribution in [-0.4, -0.2) is 11.1 Å². The maximum Gasteiger partial charge on any atom is 0.264 e. The lowest BCUT2D eigenvalue weighted by Gasteiger charge is -2.07. The van der Waals surface area contributed by atoms with E-state index < -0.39 is 0 Å². The molecule has 0 spiro atoms. The number of amidine groups is 1. The second-order valence-corrected chi connectivity index (χ2v) is 5.26. The smallest absolute Gasteiger partial charge is 0.264 e. The van der Waals surface area contributed by atoms with Gasteiger partial charge in [0, 0.05) is 0 Å². The summed E-state index contributed by atoms with van der Waals surface area (Å²) in [4.78, 5) is 12.1. The summed E-state index contributed by atoms with van der Waals surface area (Å²) in [5.41, 5.74) is 4.60. The van der Waals surface area contributed by atoms with Crippen LogP contribution in [0.4, 0.5) is 0 Å². The average Bonchev–Trinajstić information content (AvgIpc) is 2.51. The number of rotatable bonds is 1. The van der Waals surface area contributed by atoms with Gasteiger partial charge in [0.25, 0.3) is 5.91 Å². The zero-order valence-corrected chi connectivity index (χ0v) is 10.9. The molecule has 2 N–H and O–H groups in total. The Morgan fingerprint density at radius 1 is 1.24 bits per heavy atom. The summed E-state index contributed by atoms with van der Waals surface area (Å²) in [6.07, 6.45) is 1.87. The van der Waals surface area contributed by atoms with Gasteiger partial charge in [0.05, 0.1) is 4.91 Å². The maximum atomic E-state index is 11.5. The van der Waals surface area contributed by atoms with Crippen LogP contribution in [0.1, 0.15) is 22.3 Å². The molecule has 0 aliphatic carbocycles. The number of thioether (sulfide) groups is 1. The van der Waals surface area contributed by atoms with E-state index in [-0.39, 0.29) is 11.1 Å². The molecule has 0 bridgehead atoms. The van der Waals surface area contributed by atoms with Crippen LogP contribution in [0.5, 0.6) is 0 Å². The molecule has 1 fully saturated rings. The maximum absolute atomic E-state index is 11.5. The van der Waals surface area contributed by atoms with Crippen LogP contribution in [-0.2, 0) is 4.79 Å². The van der Waals surface area contributed by atoms with Gasteiger partial charge in [-0.2, -0.15) is 0 Å². The highest BCUT2D eigenvalue weighted by Crippen LogP contribution is 2.27. The Balaban J connectivity index is 2.46. The van der Waals surface area contributed by atoms with Crippen molar-refractivity contribution < 1.29 is 4.79 Å². The minimum absolute atomic E-state index is 0.181. The minimum atomic E-state index is -0.181. The summed E-state index contributed by atoms with van der Waals surface area (Å²) in [5.74, 6) is -0.181. The molecule has 0 saturated carbocycles. The zero-order chi connectivity index (χ0) is 12.6. The molecule has 1 aliphatic rings. The summed E-state index contributed by atoms with van der Waals surface area (Å²) in [7, 11) is 0. The number of carbonyl (C=O) groups excluding carboxylic acids is 1. The fourth-order valence-corrected chi connectivity index (χ4v) is 2.68. The van der Waals surface area contributed by atoms with E-state index in [4.69, 9.17) is 5.41 Å². The van der Waals surface area contributed by atoms with Gasteiger partial charge in [-0.3, -0.25) is 10.2 Å². The Labute approximate surface area is 105 Å². The van der Waals surface area contributed by atoms with Crippen LogP contribution in [0.25, 0.3) is 6.08 Å². The molecule has 1 aromatic rings. The first-order chi connectivity index (χ1) is 7.97. The van der Waals surface area contributed by atoms with E-state index in [0.717, 1.165) is 16.7 Å². The molecule has 17 heavy (non-hydrogen) atoms. The number of hydrogen-bond acceptors (Lipinski definition) is 3. The molecule has 3 nitrogen and oxygen atoms in total. The quantitative estimate of drug-likeness (QED) is 0.749. The lowest BCUT2D eigenvalue weighted by atomic mass is 9.99. The molecule has 0 atom stereocenters. The Hall–Kier alpha value is -1.55. The van der Waals surface area contributed by atoms with Gasteiger partial charge in [-0.15, -0.1) is 0 Å². The molecule has 88 valence electrons. The van der Waals surface area contributed by atoms with Gasteiger partial charge in [0.2, 0.25) is 0 Å². The van der Waals surface area contributed by atoms with Gasteiger partial charge < -0.3 is 5.32 Å². The predicted molar refractivity (Wildman–Crippen MR) is 72.1 cm³/mol. The third kappa shape index (κ3) is 2.42. The number of carbonyl (C=O) groups is 1. The molecule has 0 aromatic heterocycles. The zero-order valence-electron chi connectivity index (χ0n) is 10.0. The fourth-order valence-electron chi connectivity index (χ4n) is 1.99.